The lowest BCUT2D eigenvalue weighted by Crippen LogP contribution is -2.01. The summed E-state index contributed by atoms with van der Waals surface area (Å²) in [7, 11) is 0. The van der Waals surface area contributed by atoms with E-state index in [-0.39, 0.29) is 0 Å². The van der Waals surface area contributed by atoms with Gasteiger partial charge in [-0.25, -0.2) is 4.68 Å². The zero-order valence-corrected chi connectivity index (χ0v) is 10.4. The van der Waals surface area contributed by atoms with Crippen LogP contribution in [0.1, 0.15) is 35.4 Å². The molecule has 1 aromatic heterocycles. The number of nitrogens with zero attached hydrogens (tertiary/aromatic N) is 3. The Hall–Kier alpha value is -1.68. The second kappa shape index (κ2) is 4.67. The smallest absolute Gasteiger partial charge is 0.111 e. The molecule has 2 aromatic rings. The number of rotatable bonds is 3. The third-order valence-electron chi connectivity index (χ3n) is 2.90. The van der Waals surface area contributed by atoms with Gasteiger partial charge in [0.15, 0.2) is 0 Å². The zero-order chi connectivity index (χ0) is 12.4. The van der Waals surface area contributed by atoms with E-state index in [1.165, 1.54) is 16.7 Å². The van der Waals surface area contributed by atoms with Gasteiger partial charge in [0.2, 0.25) is 0 Å². The molecule has 0 aliphatic carbocycles. The summed E-state index contributed by atoms with van der Waals surface area (Å²) < 4.78 is 1.74. The van der Waals surface area contributed by atoms with Gasteiger partial charge in [0.1, 0.15) is 5.69 Å². The number of aryl methyl sites for hydroxylation is 2. The number of hydrogen-bond donors (Lipinski definition) is 1. The molecule has 0 saturated carbocycles. The average molecular weight is 231 g/mol. The Morgan fingerprint density at radius 3 is 2.65 bits per heavy atom. The van der Waals surface area contributed by atoms with E-state index >= 15 is 0 Å². The molecule has 0 fully saturated rings. The molecule has 1 atom stereocenters. The molecule has 0 aliphatic rings. The van der Waals surface area contributed by atoms with Gasteiger partial charge in [0, 0.05) is 0 Å². The number of aliphatic hydroxyl groups excluding tert-OH is 1. The Morgan fingerprint density at radius 1 is 1.29 bits per heavy atom. The van der Waals surface area contributed by atoms with Crippen molar-refractivity contribution >= 4 is 0 Å². The lowest BCUT2D eigenvalue weighted by Gasteiger charge is -2.04. The number of benzene rings is 1. The molecule has 0 saturated heterocycles. The Bertz CT molecular complexity index is 517. The summed E-state index contributed by atoms with van der Waals surface area (Å²) in [5.41, 5.74) is 4.36. The van der Waals surface area contributed by atoms with Gasteiger partial charge < -0.3 is 5.11 Å². The summed E-state index contributed by atoms with van der Waals surface area (Å²) >= 11 is 0. The van der Waals surface area contributed by atoms with E-state index in [1.54, 1.807) is 17.8 Å². The topological polar surface area (TPSA) is 50.9 Å². The lowest BCUT2D eigenvalue weighted by molar-refractivity contribution is 0.194. The highest BCUT2D eigenvalue weighted by Gasteiger charge is 2.06. The second-order valence-corrected chi connectivity index (χ2v) is 4.44. The van der Waals surface area contributed by atoms with Crippen molar-refractivity contribution in [3.63, 3.8) is 0 Å². The van der Waals surface area contributed by atoms with E-state index in [1.807, 2.05) is 0 Å². The van der Waals surface area contributed by atoms with E-state index in [0.29, 0.717) is 12.2 Å². The van der Waals surface area contributed by atoms with Crippen molar-refractivity contribution in [2.24, 2.45) is 0 Å². The SMILES string of the molecule is Cc1ccc(Cn2cc(C(C)O)nn2)cc1C. The first-order chi connectivity index (χ1) is 8.06. The third kappa shape index (κ3) is 2.71. The molecule has 0 aliphatic heterocycles. The fourth-order valence-electron chi connectivity index (χ4n) is 1.67. The van der Waals surface area contributed by atoms with Crippen LogP contribution in [0, 0.1) is 13.8 Å². The highest BCUT2D eigenvalue weighted by molar-refractivity contribution is 5.29. The Kier molecular flexibility index (Phi) is 3.24. The highest BCUT2D eigenvalue weighted by atomic mass is 16.3. The molecular weight excluding hydrogens is 214 g/mol. The van der Waals surface area contributed by atoms with E-state index in [0.717, 1.165) is 0 Å². The van der Waals surface area contributed by atoms with Crippen LogP contribution in [0.15, 0.2) is 24.4 Å². The van der Waals surface area contributed by atoms with Gasteiger partial charge in [-0.05, 0) is 37.5 Å². The second-order valence-electron chi connectivity index (χ2n) is 4.44. The summed E-state index contributed by atoms with van der Waals surface area (Å²) in [4.78, 5) is 0. The van der Waals surface area contributed by atoms with Gasteiger partial charge in [0.05, 0.1) is 18.8 Å². The summed E-state index contributed by atoms with van der Waals surface area (Å²) in [6.45, 7) is 6.56. The predicted molar refractivity (Wildman–Crippen MR) is 65.7 cm³/mol. The lowest BCUT2D eigenvalue weighted by atomic mass is 10.1. The summed E-state index contributed by atoms with van der Waals surface area (Å²) in [6, 6.07) is 6.35. The van der Waals surface area contributed by atoms with E-state index < -0.39 is 6.10 Å². The predicted octanol–water partition coefficient (Wildman–Crippen LogP) is 2.00. The number of hydrogen-bond acceptors (Lipinski definition) is 3. The van der Waals surface area contributed by atoms with Crippen molar-refractivity contribution in [2.75, 3.05) is 0 Å². The minimum absolute atomic E-state index is 0.566. The van der Waals surface area contributed by atoms with Crippen LogP contribution in [0.2, 0.25) is 0 Å². The molecule has 1 aromatic carbocycles. The van der Waals surface area contributed by atoms with Gasteiger partial charge in [-0.1, -0.05) is 23.4 Å². The highest BCUT2D eigenvalue weighted by Crippen LogP contribution is 2.12. The van der Waals surface area contributed by atoms with Crippen LogP contribution in [-0.2, 0) is 6.54 Å². The van der Waals surface area contributed by atoms with Crippen LogP contribution in [0.3, 0.4) is 0 Å². The van der Waals surface area contributed by atoms with Gasteiger partial charge in [-0.15, -0.1) is 5.10 Å². The Morgan fingerprint density at radius 2 is 2.06 bits per heavy atom. The number of aliphatic hydroxyl groups is 1. The van der Waals surface area contributed by atoms with Crippen LogP contribution in [0.5, 0.6) is 0 Å². The Balaban J connectivity index is 2.16. The fourth-order valence-corrected chi connectivity index (χ4v) is 1.67. The van der Waals surface area contributed by atoms with Crippen LogP contribution in [0.4, 0.5) is 0 Å². The third-order valence-corrected chi connectivity index (χ3v) is 2.90. The normalized spacial score (nSPS) is 12.7. The van der Waals surface area contributed by atoms with Gasteiger partial charge in [-0.2, -0.15) is 0 Å². The molecule has 4 nitrogen and oxygen atoms in total. The van der Waals surface area contributed by atoms with Crippen LogP contribution in [-0.4, -0.2) is 20.1 Å². The van der Waals surface area contributed by atoms with Gasteiger partial charge >= 0.3 is 0 Å². The number of aromatic nitrogens is 3. The molecule has 1 heterocycles. The fraction of sp³-hybridized carbons (Fsp3) is 0.385. The maximum atomic E-state index is 9.37. The van der Waals surface area contributed by atoms with Gasteiger partial charge in [0.25, 0.3) is 0 Å². The van der Waals surface area contributed by atoms with Crippen LogP contribution in [0.25, 0.3) is 0 Å². The van der Waals surface area contributed by atoms with Crippen molar-refractivity contribution < 1.29 is 5.11 Å². The van der Waals surface area contributed by atoms with Gasteiger partial charge in [-0.3, -0.25) is 0 Å². The molecule has 2 rings (SSSR count). The molecule has 1 N–H and O–H groups in total. The van der Waals surface area contributed by atoms with Crippen molar-refractivity contribution in [3.05, 3.63) is 46.8 Å². The molecular formula is C13H17N3O. The van der Waals surface area contributed by atoms with Crippen LogP contribution >= 0.6 is 0 Å². The first-order valence-electron chi connectivity index (χ1n) is 5.70. The molecule has 0 amide bonds. The largest absolute Gasteiger partial charge is 0.387 e. The van der Waals surface area contributed by atoms with E-state index in [4.69, 9.17) is 0 Å². The Labute approximate surface area is 101 Å². The summed E-state index contributed by atoms with van der Waals surface area (Å²) in [5.74, 6) is 0. The van der Waals surface area contributed by atoms with E-state index in [2.05, 4.69) is 42.4 Å². The minimum Gasteiger partial charge on any atom is -0.387 e. The average Bonchev–Trinajstić information content (AvgIpc) is 2.72. The maximum Gasteiger partial charge on any atom is 0.111 e. The van der Waals surface area contributed by atoms with Crippen molar-refractivity contribution in [2.45, 2.75) is 33.4 Å². The molecule has 4 heteroatoms. The van der Waals surface area contributed by atoms with Crippen molar-refractivity contribution in [3.8, 4) is 0 Å². The molecule has 0 bridgehead atoms. The molecule has 90 valence electrons. The zero-order valence-electron chi connectivity index (χ0n) is 10.4. The molecule has 17 heavy (non-hydrogen) atoms. The molecule has 0 radical (unpaired) electrons. The molecule has 0 spiro atoms. The summed E-state index contributed by atoms with van der Waals surface area (Å²) in [5, 5.41) is 17.3. The van der Waals surface area contributed by atoms with Crippen LogP contribution < -0.4 is 0 Å². The van der Waals surface area contributed by atoms with E-state index in [9.17, 15) is 5.11 Å². The summed E-state index contributed by atoms with van der Waals surface area (Å²) in [6.07, 6.45) is 1.21. The van der Waals surface area contributed by atoms with Crippen molar-refractivity contribution in [1.29, 1.82) is 0 Å². The molecule has 1 unspecified atom stereocenters. The maximum absolute atomic E-state index is 9.37. The first kappa shape index (κ1) is 11.8. The monoisotopic (exact) mass is 231 g/mol. The standard InChI is InChI=1S/C13H17N3O/c1-9-4-5-12(6-10(9)2)7-16-8-13(11(3)17)14-15-16/h4-6,8,11,17H,7H2,1-3H3. The van der Waals surface area contributed by atoms with Crippen molar-refractivity contribution in [1.82, 2.24) is 15.0 Å². The minimum atomic E-state index is -0.566. The first-order valence-corrected chi connectivity index (χ1v) is 5.70. The quantitative estimate of drug-likeness (QED) is 0.879.